The number of methoxy groups -OCH3 is 1. The summed E-state index contributed by atoms with van der Waals surface area (Å²) in [6, 6.07) is 6.60. The van der Waals surface area contributed by atoms with Gasteiger partial charge in [-0.2, -0.15) is 0 Å². The second-order valence-corrected chi connectivity index (χ2v) is 5.08. The molecular weight excluding hydrogens is 352 g/mol. The van der Waals surface area contributed by atoms with Crippen molar-refractivity contribution in [2.75, 3.05) is 53.4 Å². The Kier molecular flexibility index (Phi) is 12.0. The molecule has 0 heterocycles. The third kappa shape index (κ3) is 10.8. The van der Waals surface area contributed by atoms with E-state index in [2.05, 4.69) is 10.7 Å². The number of ketones is 1. The Morgan fingerprint density at radius 2 is 1.52 bits per heavy atom. The molecule has 1 aromatic rings. The van der Waals surface area contributed by atoms with E-state index in [9.17, 15) is 9.59 Å². The normalized spacial score (nSPS) is 10.5. The highest BCUT2D eigenvalue weighted by molar-refractivity contribution is 6.07. The summed E-state index contributed by atoms with van der Waals surface area (Å²) in [5, 5.41) is 0. The molecule has 1 rings (SSSR count). The molecule has 0 saturated carbocycles. The lowest BCUT2D eigenvalue weighted by Gasteiger charge is -2.08. The van der Waals surface area contributed by atoms with E-state index in [1.807, 2.05) is 0 Å². The van der Waals surface area contributed by atoms with Gasteiger partial charge in [-0.25, -0.2) is 4.79 Å². The Hall–Kier alpha value is -2.66. The van der Waals surface area contributed by atoms with E-state index in [4.69, 9.17) is 25.4 Å². The largest absolute Gasteiger partial charge is 0.491 e. The summed E-state index contributed by atoms with van der Waals surface area (Å²) in [6.07, 6.45) is 7.29. The average Bonchev–Trinajstić information content (AvgIpc) is 2.70. The van der Waals surface area contributed by atoms with Crippen LogP contribution in [-0.2, 0) is 23.7 Å². The zero-order valence-corrected chi connectivity index (χ0v) is 15.3. The number of rotatable bonds is 14. The van der Waals surface area contributed by atoms with E-state index in [1.54, 1.807) is 24.3 Å². The molecule has 0 fully saturated rings. The maximum atomic E-state index is 11.9. The van der Waals surface area contributed by atoms with E-state index in [0.29, 0.717) is 51.0 Å². The molecule has 0 bridgehead atoms. The van der Waals surface area contributed by atoms with Crippen LogP contribution in [0.2, 0.25) is 0 Å². The third-order valence-corrected chi connectivity index (χ3v) is 3.14. The van der Waals surface area contributed by atoms with Gasteiger partial charge in [-0.3, -0.25) is 4.79 Å². The molecule has 7 nitrogen and oxygen atoms in total. The van der Waals surface area contributed by atoms with Crippen LogP contribution in [0.5, 0.6) is 5.75 Å². The minimum absolute atomic E-state index is 0.288. The average molecular weight is 376 g/mol. The van der Waals surface area contributed by atoms with Crippen molar-refractivity contribution in [2.45, 2.75) is 0 Å². The summed E-state index contributed by atoms with van der Waals surface area (Å²) in [7, 11) is 1.25. The number of ether oxygens (including phenoxy) is 5. The fraction of sp³-hybridized carbons (Fsp3) is 0.400. The smallest absolute Gasteiger partial charge is 0.330 e. The van der Waals surface area contributed by atoms with Crippen molar-refractivity contribution in [2.24, 2.45) is 0 Å². The molecule has 0 N–H and O–H groups in total. The molecule has 7 heteroatoms. The maximum absolute atomic E-state index is 11.9. The number of benzene rings is 1. The minimum atomic E-state index is -0.578. The van der Waals surface area contributed by atoms with Crippen LogP contribution in [0.3, 0.4) is 0 Å². The van der Waals surface area contributed by atoms with E-state index in [-0.39, 0.29) is 12.4 Å². The van der Waals surface area contributed by atoms with Gasteiger partial charge in [0.2, 0.25) is 0 Å². The Balaban J connectivity index is 2.13. The van der Waals surface area contributed by atoms with Crippen LogP contribution in [0.4, 0.5) is 0 Å². The van der Waals surface area contributed by atoms with Crippen molar-refractivity contribution < 1.29 is 33.3 Å². The predicted molar refractivity (Wildman–Crippen MR) is 98.7 cm³/mol. The molecule has 0 aliphatic heterocycles. The molecule has 0 amide bonds. The van der Waals surface area contributed by atoms with Gasteiger partial charge in [-0.05, 0) is 30.3 Å². The van der Waals surface area contributed by atoms with Gasteiger partial charge in [-0.1, -0.05) is 5.92 Å². The van der Waals surface area contributed by atoms with Crippen molar-refractivity contribution in [3.8, 4) is 18.1 Å². The second-order valence-electron chi connectivity index (χ2n) is 5.08. The van der Waals surface area contributed by atoms with Gasteiger partial charge in [0.25, 0.3) is 0 Å². The fourth-order valence-corrected chi connectivity index (χ4v) is 1.81. The van der Waals surface area contributed by atoms with Crippen LogP contribution >= 0.6 is 0 Å². The maximum Gasteiger partial charge on any atom is 0.330 e. The third-order valence-electron chi connectivity index (χ3n) is 3.14. The van der Waals surface area contributed by atoms with E-state index < -0.39 is 5.97 Å². The Labute approximate surface area is 159 Å². The first-order chi connectivity index (χ1) is 13.2. The van der Waals surface area contributed by atoms with Gasteiger partial charge in [0, 0.05) is 11.6 Å². The minimum Gasteiger partial charge on any atom is -0.491 e. The molecule has 146 valence electrons. The number of carbonyl (C=O) groups is 2. The SMILES string of the molecule is C#CCOCCOCCOCCOc1ccc(C(=O)/C=C/C(=O)OC)cc1. The first-order valence-corrected chi connectivity index (χ1v) is 8.37. The summed E-state index contributed by atoms with van der Waals surface area (Å²) in [4.78, 5) is 22.8. The number of terminal acetylenes is 1. The highest BCUT2D eigenvalue weighted by Gasteiger charge is 2.03. The van der Waals surface area contributed by atoms with Crippen LogP contribution < -0.4 is 4.74 Å². The predicted octanol–water partition coefficient (Wildman–Crippen LogP) is 1.66. The summed E-state index contributed by atoms with van der Waals surface area (Å²) in [5.74, 6) is 2.12. The van der Waals surface area contributed by atoms with E-state index in [0.717, 1.165) is 6.08 Å². The van der Waals surface area contributed by atoms with E-state index in [1.165, 1.54) is 13.2 Å². The highest BCUT2D eigenvalue weighted by Crippen LogP contribution is 2.13. The Morgan fingerprint density at radius 1 is 0.926 bits per heavy atom. The van der Waals surface area contributed by atoms with Crippen LogP contribution in [0.25, 0.3) is 0 Å². The van der Waals surface area contributed by atoms with Crippen LogP contribution in [0.1, 0.15) is 10.4 Å². The lowest BCUT2D eigenvalue weighted by Crippen LogP contribution is -2.12. The number of esters is 1. The quantitative estimate of drug-likeness (QED) is 0.161. The van der Waals surface area contributed by atoms with Crippen LogP contribution in [0.15, 0.2) is 36.4 Å². The molecule has 0 unspecified atom stereocenters. The molecule has 0 saturated heterocycles. The van der Waals surface area contributed by atoms with Gasteiger partial charge in [0.05, 0.1) is 40.1 Å². The number of hydrogen-bond acceptors (Lipinski definition) is 7. The van der Waals surface area contributed by atoms with Crippen LogP contribution in [-0.4, -0.2) is 65.1 Å². The molecule has 0 aliphatic rings. The van der Waals surface area contributed by atoms with Crippen molar-refractivity contribution in [1.82, 2.24) is 0 Å². The van der Waals surface area contributed by atoms with Gasteiger partial charge in [0.1, 0.15) is 19.0 Å². The number of allylic oxidation sites excluding steroid dienone is 1. The molecule has 0 aromatic heterocycles. The molecule has 0 spiro atoms. The standard InChI is InChI=1S/C20H24O7/c1-3-10-24-11-12-25-13-14-26-15-16-27-18-6-4-17(5-7-18)19(21)8-9-20(22)23-2/h1,4-9H,10-16H2,2H3/b9-8+. The monoisotopic (exact) mass is 376 g/mol. The first kappa shape index (κ1) is 22.4. The molecular formula is C20H24O7. The zero-order chi connectivity index (χ0) is 19.7. The fourth-order valence-electron chi connectivity index (χ4n) is 1.81. The summed E-state index contributed by atoms with van der Waals surface area (Å²) in [5.41, 5.74) is 0.446. The molecule has 1 aromatic carbocycles. The van der Waals surface area contributed by atoms with Gasteiger partial charge in [0.15, 0.2) is 5.78 Å². The lowest BCUT2D eigenvalue weighted by molar-refractivity contribution is -0.134. The van der Waals surface area contributed by atoms with Gasteiger partial charge < -0.3 is 23.7 Å². The zero-order valence-electron chi connectivity index (χ0n) is 15.3. The lowest BCUT2D eigenvalue weighted by atomic mass is 10.1. The van der Waals surface area contributed by atoms with Crippen molar-refractivity contribution in [3.05, 3.63) is 42.0 Å². The Morgan fingerprint density at radius 3 is 2.11 bits per heavy atom. The number of hydrogen-bond donors (Lipinski definition) is 0. The molecule has 0 radical (unpaired) electrons. The van der Waals surface area contributed by atoms with Gasteiger partial charge >= 0.3 is 5.97 Å². The van der Waals surface area contributed by atoms with Gasteiger partial charge in [-0.15, -0.1) is 6.42 Å². The first-order valence-electron chi connectivity index (χ1n) is 8.37. The van der Waals surface area contributed by atoms with Crippen molar-refractivity contribution in [1.29, 1.82) is 0 Å². The van der Waals surface area contributed by atoms with Crippen LogP contribution in [0, 0.1) is 12.3 Å². The second kappa shape index (κ2) is 14.5. The summed E-state index contributed by atoms with van der Waals surface area (Å²) < 4.78 is 25.7. The number of carbonyl (C=O) groups excluding carboxylic acids is 2. The van der Waals surface area contributed by atoms with E-state index >= 15 is 0 Å². The topological polar surface area (TPSA) is 80.3 Å². The molecule has 27 heavy (non-hydrogen) atoms. The molecule has 0 atom stereocenters. The highest BCUT2D eigenvalue weighted by atomic mass is 16.6. The van der Waals surface area contributed by atoms with Crippen molar-refractivity contribution >= 4 is 11.8 Å². The van der Waals surface area contributed by atoms with Crippen molar-refractivity contribution in [3.63, 3.8) is 0 Å². The molecule has 0 aliphatic carbocycles. The summed E-state index contributed by atoms with van der Waals surface area (Å²) >= 11 is 0. The Bertz CT molecular complexity index is 629. The summed E-state index contributed by atoms with van der Waals surface area (Å²) in [6.45, 7) is 2.94.